The summed E-state index contributed by atoms with van der Waals surface area (Å²) in [5, 5.41) is 10.3. The molecule has 0 radical (unpaired) electrons. The van der Waals surface area contributed by atoms with E-state index in [9.17, 15) is 4.79 Å². The Morgan fingerprint density at radius 2 is 2.30 bits per heavy atom. The Morgan fingerprint density at radius 1 is 1.70 bits per heavy atom. The minimum Gasteiger partial charge on any atom is -0.465 e. The molecule has 0 aromatic heterocycles. The molecule has 0 spiro atoms. The SMILES string of the molecule is CN(C)C=CCNC(=O)O. The zero-order valence-corrected chi connectivity index (χ0v) is 6.16. The van der Waals surface area contributed by atoms with E-state index in [0.717, 1.165) is 0 Å². The molecule has 0 bridgehead atoms. The number of amides is 1. The predicted octanol–water partition coefficient (Wildman–Crippen LogP) is 0.329. The van der Waals surface area contributed by atoms with Gasteiger partial charge in [0.25, 0.3) is 0 Å². The van der Waals surface area contributed by atoms with Crippen molar-refractivity contribution < 1.29 is 9.90 Å². The zero-order chi connectivity index (χ0) is 7.98. The van der Waals surface area contributed by atoms with Crippen molar-refractivity contribution in [3.05, 3.63) is 12.3 Å². The van der Waals surface area contributed by atoms with E-state index in [2.05, 4.69) is 5.32 Å². The van der Waals surface area contributed by atoms with Gasteiger partial charge in [-0.05, 0) is 12.3 Å². The second kappa shape index (κ2) is 4.67. The van der Waals surface area contributed by atoms with Crippen molar-refractivity contribution >= 4 is 6.09 Å². The summed E-state index contributed by atoms with van der Waals surface area (Å²) >= 11 is 0. The fourth-order valence-corrected chi connectivity index (χ4v) is 0.410. The summed E-state index contributed by atoms with van der Waals surface area (Å²) in [6.45, 7) is 0.355. The van der Waals surface area contributed by atoms with E-state index < -0.39 is 6.09 Å². The fourth-order valence-electron chi connectivity index (χ4n) is 0.410. The summed E-state index contributed by atoms with van der Waals surface area (Å²) in [5.74, 6) is 0. The first-order valence-corrected chi connectivity index (χ1v) is 2.93. The lowest BCUT2D eigenvalue weighted by molar-refractivity contribution is 0.195. The maximum absolute atomic E-state index is 9.89. The van der Waals surface area contributed by atoms with Crippen molar-refractivity contribution in [3.63, 3.8) is 0 Å². The molecule has 1 amide bonds. The van der Waals surface area contributed by atoms with Crippen LogP contribution in [0, 0.1) is 0 Å². The van der Waals surface area contributed by atoms with Gasteiger partial charge in [0.1, 0.15) is 0 Å². The second-order valence-electron chi connectivity index (χ2n) is 2.03. The van der Waals surface area contributed by atoms with Gasteiger partial charge in [0.05, 0.1) is 0 Å². The van der Waals surface area contributed by atoms with Crippen molar-refractivity contribution in [2.75, 3.05) is 20.6 Å². The van der Waals surface area contributed by atoms with E-state index in [-0.39, 0.29) is 0 Å². The van der Waals surface area contributed by atoms with Crippen LogP contribution in [0.15, 0.2) is 12.3 Å². The molecule has 0 heterocycles. The summed E-state index contributed by atoms with van der Waals surface area (Å²) in [6.07, 6.45) is 2.52. The van der Waals surface area contributed by atoms with E-state index in [1.54, 1.807) is 12.3 Å². The van der Waals surface area contributed by atoms with Crippen LogP contribution in [0.1, 0.15) is 0 Å². The first kappa shape index (κ1) is 8.81. The number of nitrogens with zero attached hydrogens (tertiary/aromatic N) is 1. The van der Waals surface area contributed by atoms with Crippen LogP contribution in [0.25, 0.3) is 0 Å². The molecule has 0 saturated heterocycles. The molecule has 0 aliphatic rings. The monoisotopic (exact) mass is 144 g/mol. The molecule has 0 rings (SSSR count). The third-order valence-electron chi connectivity index (χ3n) is 0.775. The Hall–Kier alpha value is -1.19. The molecule has 0 aromatic rings. The summed E-state index contributed by atoms with van der Waals surface area (Å²) in [6, 6.07) is 0. The predicted molar refractivity (Wildman–Crippen MR) is 38.9 cm³/mol. The van der Waals surface area contributed by atoms with Crippen LogP contribution in [-0.4, -0.2) is 36.7 Å². The average Bonchev–Trinajstić information content (AvgIpc) is 1.79. The highest BCUT2D eigenvalue weighted by molar-refractivity contribution is 5.64. The van der Waals surface area contributed by atoms with Crippen LogP contribution in [0.3, 0.4) is 0 Å². The Bertz CT molecular complexity index is 132. The first-order chi connectivity index (χ1) is 4.63. The highest BCUT2D eigenvalue weighted by Crippen LogP contribution is 1.74. The number of carboxylic acid groups (broad SMARTS) is 1. The Kier molecular flexibility index (Phi) is 4.11. The molecule has 0 fully saturated rings. The molecule has 10 heavy (non-hydrogen) atoms. The number of rotatable bonds is 3. The fraction of sp³-hybridized carbons (Fsp3) is 0.500. The van der Waals surface area contributed by atoms with Crippen LogP contribution in [0.5, 0.6) is 0 Å². The Balaban J connectivity index is 3.27. The van der Waals surface area contributed by atoms with Crippen molar-refractivity contribution in [2.45, 2.75) is 0 Å². The summed E-state index contributed by atoms with van der Waals surface area (Å²) in [5.41, 5.74) is 0. The molecule has 2 N–H and O–H groups in total. The third kappa shape index (κ3) is 6.81. The van der Waals surface area contributed by atoms with E-state index >= 15 is 0 Å². The van der Waals surface area contributed by atoms with Gasteiger partial charge in [-0.25, -0.2) is 4.79 Å². The molecule has 4 nitrogen and oxygen atoms in total. The lowest BCUT2D eigenvalue weighted by Gasteiger charge is -2.02. The van der Waals surface area contributed by atoms with Crippen LogP contribution in [0.2, 0.25) is 0 Å². The molecule has 0 unspecified atom stereocenters. The topological polar surface area (TPSA) is 52.6 Å². The van der Waals surface area contributed by atoms with Crippen molar-refractivity contribution in [1.29, 1.82) is 0 Å². The van der Waals surface area contributed by atoms with Gasteiger partial charge in [-0.1, -0.05) is 0 Å². The molecule has 58 valence electrons. The van der Waals surface area contributed by atoms with Gasteiger partial charge in [-0.3, -0.25) is 0 Å². The summed E-state index contributed by atoms with van der Waals surface area (Å²) in [4.78, 5) is 11.7. The smallest absolute Gasteiger partial charge is 0.404 e. The van der Waals surface area contributed by atoms with Crippen molar-refractivity contribution in [1.82, 2.24) is 10.2 Å². The third-order valence-corrected chi connectivity index (χ3v) is 0.775. The maximum Gasteiger partial charge on any atom is 0.404 e. The van der Waals surface area contributed by atoms with Gasteiger partial charge in [-0.15, -0.1) is 0 Å². The second-order valence-corrected chi connectivity index (χ2v) is 2.03. The largest absolute Gasteiger partial charge is 0.465 e. The molecule has 4 heteroatoms. The average molecular weight is 144 g/mol. The van der Waals surface area contributed by atoms with E-state index in [1.165, 1.54) is 0 Å². The van der Waals surface area contributed by atoms with Crippen LogP contribution >= 0.6 is 0 Å². The molecule has 0 aliphatic heterocycles. The first-order valence-electron chi connectivity index (χ1n) is 2.93. The quantitative estimate of drug-likeness (QED) is 0.600. The van der Waals surface area contributed by atoms with E-state index in [0.29, 0.717) is 6.54 Å². The minimum absolute atomic E-state index is 0.355. The number of carbonyl (C=O) groups is 1. The van der Waals surface area contributed by atoms with E-state index in [1.807, 2.05) is 19.0 Å². The van der Waals surface area contributed by atoms with Crippen molar-refractivity contribution in [3.8, 4) is 0 Å². The number of hydrogen-bond donors (Lipinski definition) is 2. The number of nitrogens with one attached hydrogen (secondary N) is 1. The molecular formula is C6H12N2O2. The standard InChI is InChI=1S/C6H12N2O2/c1-8(2)5-3-4-7-6(9)10/h3,5,7H,4H2,1-2H3,(H,9,10). The molecule has 0 atom stereocenters. The normalized spacial score (nSPS) is 9.80. The highest BCUT2D eigenvalue weighted by Gasteiger charge is 1.86. The summed E-state index contributed by atoms with van der Waals surface area (Å²) in [7, 11) is 3.74. The lowest BCUT2D eigenvalue weighted by Crippen LogP contribution is -2.20. The van der Waals surface area contributed by atoms with Crippen LogP contribution < -0.4 is 5.32 Å². The van der Waals surface area contributed by atoms with Gasteiger partial charge in [0.2, 0.25) is 0 Å². The molecule has 0 aromatic carbocycles. The lowest BCUT2D eigenvalue weighted by atomic mass is 10.6. The highest BCUT2D eigenvalue weighted by atomic mass is 16.4. The molecule has 0 aliphatic carbocycles. The van der Waals surface area contributed by atoms with E-state index in [4.69, 9.17) is 5.11 Å². The van der Waals surface area contributed by atoms with Crippen LogP contribution in [0.4, 0.5) is 4.79 Å². The molecular weight excluding hydrogens is 132 g/mol. The van der Waals surface area contributed by atoms with Gasteiger partial charge in [0, 0.05) is 20.6 Å². The van der Waals surface area contributed by atoms with Gasteiger partial charge in [0.15, 0.2) is 0 Å². The van der Waals surface area contributed by atoms with Gasteiger partial charge < -0.3 is 15.3 Å². The summed E-state index contributed by atoms with van der Waals surface area (Å²) < 4.78 is 0. The zero-order valence-electron chi connectivity index (χ0n) is 6.16. The molecule has 0 saturated carbocycles. The van der Waals surface area contributed by atoms with Gasteiger partial charge >= 0.3 is 6.09 Å². The Morgan fingerprint density at radius 3 is 2.70 bits per heavy atom. The van der Waals surface area contributed by atoms with Gasteiger partial charge in [-0.2, -0.15) is 0 Å². The minimum atomic E-state index is -0.997. The maximum atomic E-state index is 9.89. The van der Waals surface area contributed by atoms with Crippen LogP contribution in [-0.2, 0) is 0 Å². The van der Waals surface area contributed by atoms with Crippen molar-refractivity contribution in [2.24, 2.45) is 0 Å². The Labute approximate surface area is 60.1 Å². The number of hydrogen-bond acceptors (Lipinski definition) is 2.